The van der Waals surface area contributed by atoms with Crippen molar-refractivity contribution < 1.29 is 22.4 Å². The van der Waals surface area contributed by atoms with Crippen molar-refractivity contribution in [1.29, 1.82) is 0 Å². The van der Waals surface area contributed by atoms with E-state index in [4.69, 9.17) is 17.8 Å². The molecule has 0 aliphatic carbocycles. The average molecular weight is 282 g/mol. The van der Waals surface area contributed by atoms with E-state index in [-0.39, 0.29) is 11.3 Å². The Hall–Kier alpha value is -1.63. The van der Waals surface area contributed by atoms with E-state index >= 15 is 0 Å². The van der Waals surface area contributed by atoms with E-state index in [0.717, 1.165) is 6.92 Å². The second kappa shape index (κ2) is 5.05. The molecular formula is C19H26N+. The van der Waals surface area contributed by atoms with E-state index < -0.39 is 50.1 Å². The van der Waals surface area contributed by atoms with Crippen LogP contribution in [0.15, 0.2) is 30.4 Å². The number of aromatic nitrogens is 1. The van der Waals surface area contributed by atoms with Gasteiger partial charge in [-0.05, 0) is 43.2 Å². The quantitative estimate of drug-likeness (QED) is 0.682. The molecule has 0 unspecified atom stereocenters. The molecule has 1 nitrogen and oxygen atoms in total. The summed E-state index contributed by atoms with van der Waals surface area (Å²) in [4.78, 5) is 0. The second-order valence-electron chi connectivity index (χ2n) is 5.14. The van der Waals surface area contributed by atoms with Crippen LogP contribution in [0.25, 0.3) is 11.3 Å². The minimum absolute atomic E-state index is 0.0756. The predicted molar refractivity (Wildman–Crippen MR) is 86.0 cm³/mol. The van der Waals surface area contributed by atoms with Crippen LogP contribution in [0.4, 0.5) is 0 Å². The number of rotatable bonds is 1. The lowest BCUT2D eigenvalue weighted by Gasteiger charge is -2.21. The minimum Gasteiger partial charge on any atom is -0.201 e. The van der Waals surface area contributed by atoms with Crippen LogP contribution in [-0.4, -0.2) is 0 Å². The van der Waals surface area contributed by atoms with Gasteiger partial charge in [0.15, 0.2) is 6.17 Å². The van der Waals surface area contributed by atoms with Crippen LogP contribution >= 0.6 is 0 Å². The van der Waals surface area contributed by atoms with Crippen molar-refractivity contribution in [1.82, 2.24) is 0 Å². The highest BCUT2D eigenvalue weighted by Crippen LogP contribution is 2.29. The Morgan fingerprint density at radius 2 is 1.95 bits per heavy atom. The maximum atomic E-state index is 8.53. The van der Waals surface area contributed by atoms with E-state index in [2.05, 4.69) is 0 Å². The molecular weight excluding hydrogens is 242 g/mol. The SMILES string of the molecule is [2H]c1c(C([2H])([2H])[2H])c(C(C)(C([2H])([2H])[2H])C([2H])([2H])[2H])cc(-c2ccc(C([2H])([2H])[2H])cc2C)[n+]1C. The Bertz CT molecular complexity index is 1040. The first-order valence-corrected chi connectivity index (χ1v) is 6.21. The van der Waals surface area contributed by atoms with Gasteiger partial charge in [-0.3, -0.25) is 0 Å². The number of hydrogen-bond donors (Lipinski definition) is 0. The molecule has 1 heterocycles. The maximum Gasteiger partial charge on any atom is 0.212 e. The van der Waals surface area contributed by atoms with Crippen LogP contribution in [0, 0.1) is 20.6 Å². The molecule has 20 heavy (non-hydrogen) atoms. The molecule has 2 aromatic rings. The maximum absolute atomic E-state index is 8.53. The summed E-state index contributed by atoms with van der Waals surface area (Å²) in [6, 6.07) is 5.46. The third-order valence-electron chi connectivity index (χ3n) is 3.23. The fourth-order valence-electron chi connectivity index (χ4n) is 2.20. The molecule has 0 radical (unpaired) electrons. The Kier molecular flexibility index (Phi) is 1.33. The highest BCUT2D eigenvalue weighted by Gasteiger charge is 2.22. The molecule has 0 saturated heterocycles. The van der Waals surface area contributed by atoms with Gasteiger partial charge in [0.05, 0.1) is 0 Å². The molecule has 0 spiro atoms. The summed E-state index contributed by atoms with van der Waals surface area (Å²) < 4.78 is 104. The summed E-state index contributed by atoms with van der Waals surface area (Å²) >= 11 is 0. The summed E-state index contributed by atoms with van der Waals surface area (Å²) in [5.41, 5.74) is -2.56. The molecule has 106 valence electrons. The van der Waals surface area contributed by atoms with Crippen molar-refractivity contribution in [3.8, 4) is 11.3 Å². The molecule has 0 saturated carbocycles. The Morgan fingerprint density at radius 1 is 1.15 bits per heavy atom. The van der Waals surface area contributed by atoms with Gasteiger partial charge >= 0.3 is 0 Å². The van der Waals surface area contributed by atoms with Crippen LogP contribution in [0.2, 0.25) is 0 Å². The van der Waals surface area contributed by atoms with Gasteiger partial charge < -0.3 is 0 Å². The molecule has 0 atom stereocenters. The Labute approximate surface area is 141 Å². The van der Waals surface area contributed by atoms with Gasteiger partial charge in [-0.2, -0.15) is 0 Å². The number of pyridine rings is 1. The zero-order valence-electron chi connectivity index (χ0n) is 24.8. The lowest BCUT2D eigenvalue weighted by molar-refractivity contribution is -0.660. The smallest absolute Gasteiger partial charge is 0.201 e. The van der Waals surface area contributed by atoms with Crippen LogP contribution in [0.5, 0.6) is 0 Å². The Morgan fingerprint density at radius 3 is 2.55 bits per heavy atom. The monoisotopic (exact) mass is 281 g/mol. The highest BCUT2D eigenvalue weighted by molar-refractivity contribution is 5.62. The lowest BCUT2D eigenvalue weighted by atomic mass is 9.83. The highest BCUT2D eigenvalue weighted by atomic mass is 14.9. The number of benzene rings is 1. The summed E-state index contributed by atoms with van der Waals surface area (Å²) in [6.45, 7) is -8.97. The van der Waals surface area contributed by atoms with Crippen LogP contribution in [0.3, 0.4) is 0 Å². The van der Waals surface area contributed by atoms with Crippen molar-refractivity contribution in [2.45, 2.75) is 46.7 Å². The van der Waals surface area contributed by atoms with Crippen molar-refractivity contribution >= 4 is 0 Å². The molecule has 0 bridgehead atoms. The van der Waals surface area contributed by atoms with Gasteiger partial charge in [-0.1, -0.05) is 38.3 Å². The van der Waals surface area contributed by atoms with Crippen molar-refractivity contribution in [2.75, 3.05) is 0 Å². The molecule has 2 rings (SSSR count). The molecule has 1 aromatic carbocycles. The van der Waals surface area contributed by atoms with Crippen LogP contribution in [0.1, 0.15) is 60.7 Å². The van der Waals surface area contributed by atoms with Gasteiger partial charge in [0.1, 0.15) is 8.42 Å². The molecule has 0 aliphatic heterocycles. The zero-order chi connectivity index (χ0) is 25.9. The first-order valence-electron chi connectivity index (χ1n) is 12.7. The predicted octanol–water partition coefficient (Wildman–Crippen LogP) is 4.40. The number of hydrogen-bond acceptors (Lipinski definition) is 0. The fraction of sp³-hybridized carbons (Fsp3) is 0.421. The number of aryl methyl sites for hydroxylation is 2. The first kappa shape index (κ1) is 5.29. The molecule has 0 fully saturated rings. The molecule has 1 aromatic heterocycles. The van der Waals surface area contributed by atoms with Crippen molar-refractivity contribution in [3.05, 3.63) is 52.7 Å². The molecule has 0 amide bonds. The molecule has 0 aliphatic rings. The summed E-state index contributed by atoms with van der Waals surface area (Å²) in [7, 11) is 1.41. The topological polar surface area (TPSA) is 3.88 Å². The third kappa shape index (κ3) is 2.77. The summed E-state index contributed by atoms with van der Waals surface area (Å²) in [5.74, 6) is 0. The van der Waals surface area contributed by atoms with Gasteiger partial charge in [-0.15, -0.1) is 0 Å². The zero-order valence-corrected chi connectivity index (χ0v) is 11.8. The van der Waals surface area contributed by atoms with Gasteiger partial charge in [0, 0.05) is 33.6 Å². The molecule has 0 N–H and O–H groups in total. The van der Waals surface area contributed by atoms with Crippen LogP contribution < -0.4 is 4.57 Å². The lowest BCUT2D eigenvalue weighted by Crippen LogP contribution is -2.33. The Balaban J connectivity index is 3.05. The van der Waals surface area contributed by atoms with E-state index in [1.54, 1.807) is 6.92 Å². The summed E-state index contributed by atoms with van der Waals surface area (Å²) in [5, 5.41) is 0. The van der Waals surface area contributed by atoms with E-state index in [0.29, 0.717) is 11.1 Å². The van der Waals surface area contributed by atoms with Crippen molar-refractivity contribution in [3.63, 3.8) is 0 Å². The standard InChI is InChI=1S/C19H26N/c1-13-8-9-16(14(2)10-13)18-11-17(19(4,5)6)15(3)12-20(18)7/h8-12H,1-7H3/q+1/i1D3,3D3,4D3,5D3,12D. The summed E-state index contributed by atoms with van der Waals surface area (Å²) in [6.07, 6.45) is -0.554. The van der Waals surface area contributed by atoms with Crippen molar-refractivity contribution in [2.24, 2.45) is 7.05 Å². The van der Waals surface area contributed by atoms with E-state index in [9.17, 15) is 0 Å². The van der Waals surface area contributed by atoms with Gasteiger partial charge in [0.25, 0.3) is 0 Å². The second-order valence-corrected chi connectivity index (χ2v) is 5.14. The molecule has 1 heteroatoms. The van der Waals surface area contributed by atoms with Gasteiger partial charge in [-0.25, -0.2) is 4.57 Å². The largest absolute Gasteiger partial charge is 0.212 e. The average Bonchev–Trinajstić information content (AvgIpc) is 2.59. The van der Waals surface area contributed by atoms with Gasteiger partial charge in [0.2, 0.25) is 5.69 Å². The first-order chi connectivity index (χ1) is 14.5. The van der Waals surface area contributed by atoms with Crippen LogP contribution in [-0.2, 0) is 12.5 Å². The number of nitrogens with zero attached hydrogens (tertiary/aromatic N) is 1. The third-order valence-corrected chi connectivity index (χ3v) is 3.23. The van der Waals surface area contributed by atoms with E-state index in [1.807, 2.05) is 0 Å². The minimum atomic E-state index is -3.12. The van der Waals surface area contributed by atoms with E-state index in [1.165, 1.54) is 35.9 Å². The normalized spacial score (nSPS) is 23.9. The fourth-order valence-corrected chi connectivity index (χ4v) is 2.20.